The lowest BCUT2D eigenvalue weighted by molar-refractivity contribution is -0.120. The van der Waals surface area contributed by atoms with E-state index in [1.165, 1.54) is 6.07 Å². The van der Waals surface area contributed by atoms with Crippen molar-refractivity contribution in [2.75, 3.05) is 15.5 Å². The standard InChI is InChI=1S/C24H16Cl3N3O3/c1-13-8-9-16(26)12-19(13)30-23(32)20(27)21(24(30)33)28-17-6-2-4-14(10-17)22(31)29-18-7-3-5-15(25)11-18/h2-12,28H,1H3,(H,29,31). The molecule has 0 bridgehead atoms. The van der Waals surface area contributed by atoms with Gasteiger partial charge in [-0.2, -0.15) is 0 Å². The Morgan fingerprint density at radius 3 is 2.27 bits per heavy atom. The molecule has 1 aliphatic rings. The summed E-state index contributed by atoms with van der Waals surface area (Å²) in [6.45, 7) is 1.76. The Morgan fingerprint density at radius 2 is 1.52 bits per heavy atom. The Bertz CT molecular complexity index is 1340. The Hall–Kier alpha value is -3.32. The fraction of sp³-hybridized carbons (Fsp3) is 0.0417. The van der Waals surface area contributed by atoms with Crippen LogP contribution in [0.25, 0.3) is 0 Å². The van der Waals surface area contributed by atoms with Gasteiger partial charge >= 0.3 is 0 Å². The molecule has 166 valence electrons. The minimum Gasteiger partial charge on any atom is -0.350 e. The molecule has 0 spiro atoms. The van der Waals surface area contributed by atoms with E-state index in [2.05, 4.69) is 10.6 Å². The number of rotatable bonds is 5. The zero-order chi connectivity index (χ0) is 23.7. The van der Waals surface area contributed by atoms with Crippen LogP contribution in [0.15, 0.2) is 77.5 Å². The number of imide groups is 1. The predicted molar refractivity (Wildman–Crippen MR) is 131 cm³/mol. The third kappa shape index (κ3) is 4.73. The number of nitrogens with one attached hydrogen (secondary N) is 2. The monoisotopic (exact) mass is 499 g/mol. The molecule has 0 aliphatic carbocycles. The second kappa shape index (κ2) is 9.27. The van der Waals surface area contributed by atoms with Crippen molar-refractivity contribution >= 4 is 69.6 Å². The van der Waals surface area contributed by atoms with E-state index in [9.17, 15) is 14.4 Å². The van der Waals surface area contributed by atoms with Crippen molar-refractivity contribution in [3.8, 4) is 0 Å². The van der Waals surface area contributed by atoms with Gasteiger partial charge in [-0.1, -0.05) is 53.0 Å². The maximum atomic E-state index is 13.1. The summed E-state index contributed by atoms with van der Waals surface area (Å²) >= 11 is 18.2. The summed E-state index contributed by atoms with van der Waals surface area (Å²) in [6, 6.07) is 18.1. The summed E-state index contributed by atoms with van der Waals surface area (Å²) in [6.07, 6.45) is 0. The third-order valence-electron chi connectivity index (χ3n) is 4.92. The summed E-state index contributed by atoms with van der Waals surface area (Å²) in [5.41, 5.74) is 2.23. The normalized spacial score (nSPS) is 13.5. The fourth-order valence-corrected chi connectivity index (χ4v) is 3.87. The topological polar surface area (TPSA) is 78.5 Å². The van der Waals surface area contributed by atoms with Gasteiger partial charge in [0.25, 0.3) is 17.7 Å². The first-order valence-electron chi connectivity index (χ1n) is 9.73. The van der Waals surface area contributed by atoms with Crippen LogP contribution in [0, 0.1) is 6.92 Å². The number of benzene rings is 3. The first kappa shape index (κ1) is 22.9. The molecule has 0 atom stereocenters. The van der Waals surface area contributed by atoms with Crippen LogP contribution in [0.4, 0.5) is 17.1 Å². The van der Waals surface area contributed by atoms with E-state index in [1.54, 1.807) is 67.6 Å². The summed E-state index contributed by atoms with van der Waals surface area (Å²) in [4.78, 5) is 39.4. The molecule has 6 nitrogen and oxygen atoms in total. The largest absolute Gasteiger partial charge is 0.350 e. The third-order valence-corrected chi connectivity index (χ3v) is 5.74. The van der Waals surface area contributed by atoms with Gasteiger partial charge in [0.05, 0.1) is 5.69 Å². The molecule has 0 fully saturated rings. The molecule has 3 aromatic carbocycles. The van der Waals surface area contributed by atoms with Crippen LogP contribution in [0.5, 0.6) is 0 Å². The van der Waals surface area contributed by atoms with Crippen molar-refractivity contribution in [2.24, 2.45) is 0 Å². The van der Waals surface area contributed by atoms with Crippen molar-refractivity contribution < 1.29 is 14.4 Å². The van der Waals surface area contributed by atoms with E-state index >= 15 is 0 Å². The van der Waals surface area contributed by atoms with Gasteiger partial charge in [0, 0.05) is 27.0 Å². The lowest BCUT2D eigenvalue weighted by Crippen LogP contribution is -2.32. The number of carbonyl (C=O) groups is 3. The highest BCUT2D eigenvalue weighted by Crippen LogP contribution is 2.33. The van der Waals surface area contributed by atoms with Gasteiger partial charge in [-0.05, 0) is 61.0 Å². The molecule has 0 saturated carbocycles. The van der Waals surface area contributed by atoms with Gasteiger partial charge in [-0.3, -0.25) is 14.4 Å². The van der Waals surface area contributed by atoms with Crippen LogP contribution in [0.1, 0.15) is 15.9 Å². The summed E-state index contributed by atoms with van der Waals surface area (Å²) in [5, 5.41) is 6.25. The van der Waals surface area contributed by atoms with Crippen LogP contribution in [-0.2, 0) is 9.59 Å². The molecular weight excluding hydrogens is 485 g/mol. The van der Waals surface area contributed by atoms with Crippen molar-refractivity contribution in [1.82, 2.24) is 0 Å². The van der Waals surface area contributed by atoms with E-state index in [4.69, 9.17) is 34.8 Å². The van der Waals surface area contributed by atoms with Gasteiger partial charge in [-0.25, -0.2) is 4.90 Å². The van der Waals surface area contributed by atoms with Gasteiger partial charge in [-0.15, -0.1) is 0 Å². The molecule has 33 heavy (non-hydrogen) atoms. The Kier molecular flexibility index (Phi) is 6.42. The average Bonchev–Trinajstić information content (AvgIpc) is 2.99. The SMILES string of the molecule is Cc1ccc(Cl)cc1N1C(=O)C(Cl)=C(Nc2cccc(C(=O)Nc3cccc(Cl)c3)c2)C1=O. The molecule has 3 aromatic rings. The quantitative estimate of drug-likeness (QED) is 0.422. The van der Waals surface area contributed by atoms with E-state index in [0.29, 0.717) is 38.2 Å². The number of nitrogens with zero attached hydrogens (tertiary/aromatic N) is 1. The van der Waals surface area contributed by atoms with Crippen LogP contribution >= 0.6 is 34.8 Å². The number of carbonyl (C=O) groups excluding carboxylic acids is 3. The number of aryl methyl sites for hydroxylation is 1. The number of halogens is 3. The van der Waals surface area contributed by atoms with Gasteiger partial charge in [0.15, 0.2) is 0 Å². The number of amides is 3. The molecule has 0 unspecified atom stereocenters. The summed E-state index contributed by atoms with van der Waals surface area (Å²) < 4.78 is 0. The zero-order valence-corrected chi connectivity index (χ0v) is 19.4. The summed E-state index contributed by atoms with van der Waals surface area (Å²) in [5.74, 6) is -1.65. The highest BCUT2D eigenvalue weighted by atomic mass is 35.5. The lowest BCUT2D eigenvalue weighted by atomic mass is 10.1. The highest BCUT2D eigenvalue weighted by Gasteiger charge is 2.39. The van der Waals surface area contributed by atoms with E-state index in [1.807, 2.05) is 0 Å². The number of hydrogen-bond acceptors (Lipinski definition) is 4. The molecule has 3 amide bonds. The maximum Gasteiger partial charge on any atom is 0.283 e. The van der Waals surface area contributed by atoms with Gasteiger partial charge < -0.3 is 10.6 Å². The van der Waals surface area contributed by atoms with Crippen LogP contribution in [0.2, 0.25) is 10.0 Å². The first-order chi connectivity index (χ1) is 15.7. The minimum atomic E-state index is -0.663. The fourth-order valence-electron chi connectivity index (χ4n) is 3.31. The summed E-state index contributed by atoms with van der Waals surface area (Å²) in [7, 11) is 0. The molecule has 0 saturated heterocycles. The lowest BCUT2D eigenvalue weighted by Gasteiger charge is -2.18. The second-order valence-electron chi connectivity index (χ2n) is 7.24. The van der Waals surface area contributed by atoms with Crippen LogP contribution < -0.4 is 15.5 Å². The second-order valence-corrected chi connectivity index (χ2v) is 8.49. The highest BCUT2D eigenvalue weighted by molar-refractivity contribution is 6.53. The number of anilines is 3. The van der Waals surface area contributed by atoms with E-state index in [0.717, 1.165) is 4.90 Å². The van der Waals surface area contributed by atoms with Crippen molar-refractivity contribution in [2.45, 2.75) is 6.92 Å². The molecule has 4 rings (SSSR count). The Balaban J connectivity index is 1.56. The molecule has 1 heterocycles. The van der Waals surface area contributed by atoms with Crippen LogP contribution in [0.3, 0.4) is 0 Å². The molecule has 0 radical (unpaired) electrons. The molecule has 1 aliphatic heterocycles. The van der Waals surface area contributed by atoms with Crippen molar-refractivity contribution in [1.29, 1.82) is 0 Å². The Labute approximate surface area is 204 Å². The van der Waals surface area contributed by atoms with E-state index < -0.39 is 11.8 Å². The van der Waals surface area contributed by atoms with Gasteiger partial charge in [0.1, 0.15) is 10.7 Å². The Morgan fingerprint density at radius 1 is 0.818 bits per heavy atom. The van der Waals surface area contributed by atoms with Crippen molar-refractivity contribution in [3.63, 3.8) is 0 Å². The number of hydrogen-bond donors (Lipinski definition) is 2. The smallest absolute Gasteiger partial charge is 0.283 e. The zero-order valence-electron chi connectivity index (χ0n) is 17.2. The first-order valence-corrected chi connectivity index (χ1v) is 10.9. The minimum absolute atomic E-state index is 0.0894. The molecular formula is C24H16Cl3N3O3. The predicted octanol–water partition coefficient (Wildman–Crippen LogP) is 5.99. The average molecular weight is 501 g/mol. The van der Waals surface area contributed by atoms with Gasteiger partial charge in [0.2, 0.25) is 0 Å². The molecule has 2 N–H and O–H groups in total. The molecule has 0 aromatic heterocycles. The molecule has 9 heteroatoms. The van der Waals surface area contributed by atoms with E-state index in [-0.39, 0.29) is 16.6 Å². The maximum absolute atomic E-state index is 13.1. The van der Waals surface area contributed by atoms with Crippen LogP contribution in [-0.4, -0.2) is 17.7 Å². The van der Waals surface area contributed by atoms with Crippen molar-refractivity contribution in [3.05, 3.63) is 98.6 Å².